The molecule has 6 heteroatoms. The normalized spacial score (nSPS) is 10.5. The van der Waals surface area contributed by atoms with Crippen molar-refractivity contribution in [2.24, 2.45) is 0 Å². The molecule has 1 heterocycles. The minimum Gasteiger partial charge on any atom is -0.359 e. The van der Waals surface area contributed by atoms with E-state index in [1.165, 1.54) is 18.2 Å². The topological polar surface area (TPSA) is 70.0 Å². The number of nitrogens with zero attached hydrogens (tertiary/aromatic N) is 2. The largest absolute Gasteiger partial charge is 0.359 e. The van der Waals surface area contributed by atoms with Crippen LogP contribution in [0.4, 0.5) is 0 Å². The van der Waals surface area contributed by atoms with Crippen LogP contribution in [-0.4, -0.2) is 10.4 Å². The molecule has 0 amide bonds. The van der Waals surface area contributed by atoms with Crippen LogP contribution in [0.5, 0.6) is 0 Å². The maximum Gasteiger partial charge on any atom is 0.252 e. The fourth-order valence-corrected chi connectivity index (χ4v) is 1.12. The fourth-order valence-electron chi connectivity index (χ4n) is 0.998. The van der Waals surface area contributed by atoms with Gasteiger partial charge in [-0.05, 0) is 28.6 Å². The summed E-state index contributed by atoms with van der Waals surface area (Å²) in [4.78, 5) is 11.0. The predicted molar refractivity (Wildman–Crippen MR) is 43.2 cm³/mol. The Morgan fingerprint density at radius 1 is 1.62 bits per heavy atom. The van der Waals surface area contributed by atoms with E-state index in [-0.39, 0.29) is 16.0 Å². The molecule has 13 heavy (non-hydrogen) atoms. The number of carbonyl (C=O) groups is 1. The number of benzene rings is 1. The molecular formula is C7H3ClN2O3. The predicted octanol–water partition coefficient (Wildman–Crippen LogP) is 0.840. The Balaban J connectivity index is 2.70. The first kappa shape index (κ1) is 8.00. The highest BCUT2D eigenvalue weighted by Gasteiger charge is 2.11. The van der Waals surface area contributed by atoms with Crippen LogP contribution in [0.2, 0.25) is 0 Å². The monoisotopic (exact) mass is 198 g/mol. The Hall–Kier alpha value is -1.62. The summed E-state index contributed by atoms with van der Waals surface area (Å²) in [6.45, 7) is 0. The third-order valence-corrected chi connectivity index (χ3v) is 1.83. The average Bonchev–Trinajstić information content (AvgIpc) is 2.47. The highest BCUT2D eigenvalue weighted by molar-refractivity contribution is 6.67. The van der Waals surface area contributed by atoms with Crippen molar-refractivity contribution in [2.45, 2.75) is 0 Å². The van der Waals surface area contributed by atoms with Gasteiger partial charge in [0.15, 0.2) is 0 Å². The zero-order valence-electron chi connectivity index (χ0n) is 6.23. The third-order valence-electron chi connectivity index (χ3n) is 1.61. The molecule has 0 spiro atoms. The summed E-state index contributed by atoms with van der Waals surface area (Å²) in [5.41, 5.74) is 0.853. The van der Waals surface area contributed by atoms with Crippen molar-refractivity contribution in [3.63, 3.8) is 0 Å². The van der Waals surface area contributed by atoms with Gasteiger partial charge in [0.1, 0.15) is 0 Å². The second-order valence-corrected chi connectivity index (χ2v) is 2.75. The van der Waals surface area contributed by atoms with Gasteiger partial charge in [-0.3, -0.25) is 9.42 Å². The van der Waals surface area contributed by atoms with Gasteiger partial charge >= 0.3 is 0 Å². The minimum absolute atomic E-state index is 0.262. The summed E-state index contributed by atoms with van der Waals surface area (Å²) in [5, 5.41) is 13.7. The highest BCUT2D eigenvalue weighted by Crippen LogP contribution is 2.11. The molecule has 0 fully saturated rings. The number of rotatable bonds is 1. The summed E-state index contributed by atoms with van der Waals surface area (Å²) in [5.74, 6) is 0. The van der Waals surface area contributed by atoms with E-state index in [1.54, 1.807) is 0 Å². The first-order chi connectivity index (χ1) is 6.18. The average molecular weight is 199 g/mol. The highest BCUT2D eigenvalue weighted by atomic mass is 35.5. The van der Waals surface area contributed by atoms with Gasteiger partial charge in [-0.25, -0.2) is 0 Å². The van der Waals surface area contributed by atoms with Crippen LogP contribution < -0.4 is 4.90 Å². The van der Waals surface area contributed by atoms with Crippen molar-refractivity contribution in [3.05, 3.63) is 29.0 Å². The SMILES string of the molecule is O=C(Cl)c1ccc2c(c1)no[n+]2[O-]. The van der Waals surface area contributed by atoms with Crippen molar-refractivity contribution >= 4 is 27.9 Å². The lowest BCUT2D eigenvalue weighted by molar-refractivity contribution is -0.782. The number of hydrogen-bond acceptors (Lipinski definition) is 4. The van der Waals surface area contributed by atoms with E-state index in [0.717, 1.165) is 0 Å². The van der Waals surface area contributed by atoms with E-state index in [0.29, 0.717) is 5.52 Å². The van der Waals surface area contributed by atoms with Crippen molar-refractivity contribution < 1.29 is 14.3 Å². The molecular weight excluding hydrogens is 196 g/mol. The molecule has 0 saturated heterocycles. The van der Waals surface area contributed by atoms with E-state index in [4.69, 9.17) is 11.6 Å². The summed E-state index contributed by atoms with van der Waals surface area (Å²) in [6, 6.07) is 4.25. The Kier molecular flexibility index (Phi) is 1.66. The van der Waals surface area contributed by atoms with E-state index < -0.39 is 5.24 Å². The van der Waals surface area contributed by atoms with Gasteiger partial charge < -0.3 is 5.21 Å². The van der Waals surface area contributed by atoms with Crippen molar-refractivity contribution in [1.82, 2.24) is 5.16 Å². The lowest BCUT2D eigenvalue weighted by Crippen LogP contribution is -2.22. The molecule has 0 aliphatic rings. The number of fused-ring (bicyclic) bond motifs is 1. The summed E-state index contributed by atoms with van der Waals surface area (Å²) >= 11 is 5.23. The van der Waals surface area contributed by atoms with Crippen LogP contribution in [0, 0.1) is 5.21 Å². The van der Waals surface area contributed by atoms with Crippen LogP contribution >= 0.6 is 11.6 Å². The summed E-state index contributed by atoms with van der Waals surface area (Å²) < 4.78 is 4.31. The molecule has 0 aliphatic carbocycles. The van der Waals surface area contributed by atoms with Gasteiger partial charge in [0.05, 0.1) is 0 Å². The molecule has 2 aromatic rings. The zero-order valence-corrected chi connectivity index (χ0v) is 6.99. The molecule has 66 valence electrons. The Morgan fingerprint density at radius 2 is 2.38 bits per heavy atom. The fraction of sp³-hybridized carbons (Fsp3) is 0. The van der Waals surface area contributed by atoms with Crippen molar-refractivity contribution in [1.29, 1.82) is 0 Å². The molecule has 0 saturated carbocycles. The summed E-state index contributed by atoms with van der Waals surface area (Å²) in [7, 11) is 0. The molecule has 0 bridgehead atoms. The van der Waals surface area contributed by atoms with E-state index in [2.05, 4.69) is 9.79 Å². The van der Waals surface area contributed by atoms with E-state index in [9.17, 15) is 10.0 Å². The summed E-state index contributed by atoms with van der Waals surface area (Å²) in [6.07, 6.45) is 0. The van der Waals surface area contributed by atoms with Crippen LogP contribution in [0.3, 0.4) is 0 Å². The number of halogens is 1. The van der Waals surface area contributed by atoms with Gasteiger partial charge in [-0.1, -0.05) is 0 Å². The van der Waals surface area contributed by atoms with Crippen molar-refractivity contribution in [2.75, 3.05) is 0 Å². The quantitative estimate of drug-likeness (QED) is 0.503. The zero-order chi connectivity index (χ0) is 9.42. The molecule has 0 atom stereocenters. The molecule has 1 aromatic carbocycles. The van der Waals surface area contributed by atoms with Crippen LogP contribution in [0.1, 0.15) is 10.4 Å². The standard InChI is InChI=1S/C7H3ClN2O3/c8-7(11)4-1-2-6-5(3-4)9-13-10(6)12/h1-3H. The smallest absolute Gasteiger partial charge is 0.252 e. The molecule has 0 radical (unpaired) electrons. The number of carbonyl (C=O) groups excluding carboxylic acids is 1. The van der Waals surface area contributed by atoms with Crippen LogP contribution in [0.15, 0.2) is 22.8 Å². The lowest BCUT2D eigenvalue weighted by atomic mass is 10.2. The van der Waals surface area contributed by atoms with Gasteiger partial charge in [-0.15, -0.1) is 0 Å². The second kappa shape index (κ2) is 2.70. The maximum absolute atomic E-state index is 10.8. The van der Waals surface area contributed by atoms with Crippen LogP contribution in [0.25, 0.3) is 11.0 Å². The van der Waals surface area contributed by atoms with Crippen LogP contribution in [-0.2, 0) is 0 Å². The molecule has 0 N–H and O–H groups in total. The minimum atomic E-state index is -0.595. The van der Waals surface area contributed by atoms with Gasteiger partial charge in [0, 0.05) is 16.8 Å². The molecule has 5 nitrogen and oxygen atoms in total. The third kappa shape index (κ3) is 1.23. The maximum atomic E-state index is 10.8. The van der Waals surface area contributed by atoms with E-state index in [1.807, 2.05) is 0 Å². The Labute approximate surface area is 77.0 Å². The molecule has 0 unspecified atom stereocenters. The number of aromatic nitrogens is 2. The Morgan fingerprint density at radius 3 is 3.08 bits per heavy atom. The molecule has 1 aromatic heterocycles. The lowest BCUT2D eigenvalue weighted by Gasteiger charge is -1.89. The van der Waals surface area contributed by atoms with Gasteiger partial charge in [-0.2, -0.15) is 0 Å². The van der Waals surface area contributed by atoms with Gasteiger partial charge in [0.25, 0.3) is 5.24 Å². The molecule has 2 rings (SSSR count). The Bertz CT molecular complexity index is 480. The van der Waals surface area contributed by atoms with Crippen molar-refractivity contribution in [3.8, 4) is 0 Å². The molecule has 0 aliphatic heterocycles. The second-order valence-electron chi connectivity index (χ2n) is 2.41. The van der Waals surface area contributed by atoms with Gasteiger partial charge in [0.2, 0.25) is 11.0 Å². The first-order valence-electron chi connectivity index (χ1n) is 3.38. The van der Waals surface area contributed by atoms with E-state index >= 15 is 0 Å². The first-order valence-corrected chi connectivity index (χ1v) is 3.75. The number of hydrogen-bond donors (Lipinski definition) is 0.